The molecule has 2 rings (SSSR count). The van der Waals surface area contributed by atoms with Gasteiger partial charge >= 0.3 is 0 Å². The van der Waals surface area contributed by atoms with Gasteiger partial charge in [-0.15, -0.1) is 0 Å². The molecule has 2 atom stereocenters. The predicted molar refractivity (Wildman–Crippen MR) is 43.1 cm³/mol. The fraction of sp³-hybridized carbons (Fsp3) is 0.889. The first-order valence-corrected chi connectivity index (χ1v) is 4.59. The van der Waals surface area contributed by atoms with Gasteiger partial charge in [0.05, 0.1) is 0 Å². The van der Waals surface area contributed by atoms with Crippen LogP contribution in [0.15, 0.2) is 0 Å². The average Bonchev–Trinajstić information content (AvgIpc) is 2.27. The van der Waals surface area contributed by atoms with E-state index in [0.29, 0.717) is 12.3 Å². The fourth-order valence-corrected chi connectivity index (χ4v) is 2.19. The highest BCUT2D eigenvalue weighted by Gasteiger charge is 2.40. The molecule has 1 saturated carbocycles. The topological polar surface area (TPSA) is 20.3 Å². The Labute approximate surface area is 67.6 Å². The van der Waals surface area contributed by atoms with Crippen LogP contribution < -0.4 is 0 Å². The van der Waals surface area contributed by atoms with Gasteiger partial charge in [0.25, 0.3) is 0 Å². The van der Waals surface area contributed by atoms with E-state index < -0.39 is 0 Å². The minimum atomic E-state index is 0.347. The molecule has 11 heavy (non-hydrogen) atoms. The molecule has 1 heterocycles. The van der Waals surface area contributed by atoms with E-state index in [4.69, 9.17) is 0 Å². The summed E-state index contributed by atoms with van der Waals surface area (Å²) in [7, 11) is 0. The number of carbonyl (C=O) groups is 1. The SMILES string of the molecule is CCC(=O)N1CC2CCC2C1. The molecule has 62 valence electrons. The molecule has 0 spiro atoms. The van der Waals surface area contributed by atoms with Crippen molar-refractivity contribution in [3.8, 4) is 0 Å². The summed E-state index contributed by atoms with van der Waals surface area (Å²) in [6, 6.07) is 0. The predicted octanol–water partition coefficient (Wildman–Crippen LogP) is 1.26. The van der Waals surface area contributed by atoms with Gasteiger partial charge < -0.3 is 4.90 Å². The number of likely N-dealkylation sites (tertiary alicyclic amines) is 1. The third-order valence-corrected chi connectivity index (χ3v) is 3.14. The molecular weight excluding hydrogens is 138 g/mol. The number of hydrogen-bond donors (Lipinski definition) is 0. The van der Waals surface area contributed by atoms with Crippen LogP contribution in [0.25, 0.3) is 0 Å². The zero-order valence-electron chi connectivity index (χ0n) is 7.05. The van der Waals surface area contributed by atoms with E-state index in [-0.39, 0.29) is 0 Å². The monoisotopic (exact) mass is 153 g/mol. The van der Waals surface area contributed by atoms with Crippen molar-refractivity contribution in [2.24, 2.45) is 11.8 Å². The lowest BCUT2D eigenvalue weighted by Crippen LogP contribution is -2.27. The van der Waals surface area contributed by atoms with Gasteiger partial charge in [-0.3, -0.25) is 4.79 Å². The molecule has 2 nitrogen and oxygen atoms in total. The second-order valence-electron chi connectivity index (χ2n) is 3.75. The molecule has 2 heteroatoms. The standard InChI is InChI=1S/C9H15NO/c1-2-9(11)10-5-7-3-4-8(7)6-10/h7-8H,2-6H2,1H3. The lowest BCUT2D eigenvalue weighted by Gasteiger charge is -2.27. The highest BCUT2D eigenvalue weighted by molar-refractivity contribution is 5.76. The van der Waals surface area contributed by atoms with Gasteiger partial charge in [0.1, 0.15) is 0 Å². The van der Waals surface area contributed by atoms with E-state index in [1.165, 1.54) is 12.8 Å². The highest BCUT2D eigenvalue weighted by Crippen LogP contribution is 2.40. The van der Waals surface area contributed by atoms with Gasteiger partial charge in [0, 0.05) is 19.5 Å². The number of nitrogens with zero attached hydrogens (tertiary/aromatic N) is 1. The Hall–Kier alpha value is -0.530. The second-order valence-corrected chi connectivity index (χ2v) is 3.75. The van der Waals surface area contributed by atoms with E-state index in [1.54, 1.807) is 0 Å². The maximum absolute atomic E-state index is 11.3. The van der Waals surface area contributed by atoms with Crippen LogP contribution in [-0.4, -0.2) is 23.9 Å². The molecule has 2 unspecified atom stereocenters. The lowest BCUT2D eigenvalue weighted by molar-refractivity contribution is -0.129. The van der Waals surface area contributed by atoms with Gasteiger partial charge in [0.2, 0.25) is 5.91 Å². The number of amides is 1. The van der Waals surface area contributed by atoms with E-state index in [0.717, 1.165) is 24.9 Å². The molecule has 1 aliphatic carbocycles. The number of fused-ring (bicyclic) bond motifs is 1. The van der Waals surface area contributed by atoms with Gasteiger partial charge in [0.15, 0.2) is 0 Å². The molecule has 0 radical (unpaired) electrons. The first kappa shape index (κ1) is 7.14. The maximum Gasteiger partial charge on any atom is 0.222 e. The molecule has 1 aliphatic heterocycles. The summed E-state index contributed by atoms with van der Waals surface area (Å²) in [5, 5.41) is 0. The van der Waals surface area contributed by atoms with Crippen LogP contribution in [0.5, 0.6) is 0 Å². The zero-order chi connectivity index (χ0) is 7.84. The Bertz CT molecular complexity index is 166. The summed E-state index contributed by atoms with van der Waals surface area (Å²) in [5.41, 5.74) is 0. The van der Waals surface area contributed by atoms with Crippen molar-refractivity contribution in [1.82, 2.24) is 4.90 Å². The van der Waals surface area contributed by atoms with Crippen molar-refractivity contribution in [2.75, 3.05) is 13.1 Å². The Morgan fingerprint density at radius 1 is 1.36 bits per heavy atom. The van der Waals surface area contributed by atoms with Crippen LogP contribution in [0.2, 0.25) is 0 Å². The van der Waals surface area contributed by atoms with Crippen LogP contribution in [0.4, 0.5) is 0 Å². The average molecular weight is 153 g/mol. The molecule has 0 aromatic carbocycles. The van der Waals surface area contributed by atoms with Crippen LogP contribution in [-0.2, 0) is 4.79 Å². The molecule has 0 aromatic heterocycles. The number of rotatable bonds is 1. The summed E-state index contributed by atoms with van der Waals surface area (Å²) >= 11 is 0. The smallest absolute Gasteiger partial charge is 0.222 e. The van der Waals surface area contributed by atoms with E-state index in [2.05, 4.69) is 0 Å². The first-order valence-electron chi connectivity index (χ1n) is 4.59. The summed E-state index contributed by atoms with van der Waals surface area (Å²) < 4.78 is 0. The van der Waals surface area contributed by atoms with E-state index in [9.17, 15) is 4.79 Å². The molecule has 0 bridgehead atoms. The van der Waals surface area contributed by atoms with Crippen molar-refractivity contribution in [1.29, 1.82) is 0 Å². The summed E-state index contributed by atoms with van der Waals surface area (Å²) in [5.74, 6) is 2.08. The molecule has 1 saturated heterocycles. The minimum Gasteiger partial charge on any atom is -0.342 e. The molecule has 1 amide bonds. The Balaban J connectivity index is 1.93. The normalized spacial score (nSPS) is 34.8. The van der Waals surface area contributed by atoms with Crippen LogP contribution in [0, 0.1) is 11.8 Å². The minimum absolute atomic E-state index is 0.347. The quantitative estimate of drug-likeness (QED) is 0.555. The number of hydrogen-bond acceptors (Lipinski definition) is 1. The Morgan fingerprint density at radius 3 is 2.27 bits per heavy atom. The van der Waals surface area contributed by atoms with Crippen molar-refractivity contribution >= 4 is 5.91 Å². The molecular formula is C9H15NO. The third kappa shape index (κ3) is 1.05. The Kier molecular flexibility index (Phi) is 1.63. The summed E-state index contributed by atoms with van der Waals surface area (Å²) in [4.78, 5) is 13.3. The summed E-state index contributed by atoms with van der Waals surface area (Å²) in [6.45, 7) is 4.05. The van der Waals surface area contributed by atoms with Crippen molar-refractivity contribution in [3.63, 3.8) is 0 Å². The molecule has 2 fully saturated rings. The highest BCUT2D eigenvalue weighted by atomic mass is 16.2. The van der Waals surface area contributed by atoms with Crippen molar-refractivity contribution in [2.45, 2.75) is 26.2 Å². The van der Waals surface area contributed by atoms with Gasteiger partial charge in [-0.2, -0.15) is 0 Å². The zero-order valence-corrected chi connectivity index (χ0v) is 7.05. The largest absolute Gasteiger partial charge is 0.342 e. The number of carbonyl (C=O) groups excluding carboxylic acids is 1. The summed E-state index contributed by atoms with van der Waals surface area (Å²) in [6.07, 6.45) is 3.40. The maximum atomic E-state index is 11.3. The molecule has 2 aliphatic rings. The van der Waals surface area contributed by atoms with E-state index >= 15 is 0 Å². The second kappa shape index (κ2) is 2.50. The molecule has 0 aromatic rings. The van der Waals surface area contributed by atoms with E-state index in [1.807, 2.05) is 11.8 Å². The fourth-order valence-electron chi connectivity index (χ4n) is 2.19. The third-order valence-electron chi connectivity index (χ3n) is 3.14. The molecule has 0 N–H and O–H groups in total. The van der Waals surface area contributed by atoms with Crippen LogP contribution in [0.3, 0.4) is 0 Å². The first-order chi connectivity index (χ1) is 5.31. The van der Waals surface area contributed by atoms with Crippen LogP contribution in [0.1, 0.15) is 26.2 Å². The Morgan fingerprint density at radius 2 is 1.91 bits per heavy atom. The van der Waals surface area contributed by atoms with Crippen molar-refractivity contribution in [3.05, 3.63) is 0 Å². The lowest BCUT2D eigenvalue weighted by atomic mass is 9.77. The van der Waals surface area contributed by atoms with Gasteiger partial charge in [-0.1, -0.05) is 6.92 Å². The van der Waals surface area contributed by atoms with Crippen LogP contribution >= 0.6 is 0 Å². The van der Waals surface area contributed by atoms with Gasteiger partial charge in [-0.25, -0.2) is 0 Å². The van der Waals surface area contributed by atoms with Gasteiger partial charge in [-0.05, 0) is 24.7 Å². The van der Waals surface area contributed by atoms with Crippen molar-refractivity contribution < 1.29 is 4.79 Å².